The first-order valence-electron chi connectivity index (χ1n) is 11.1. The Bertz CT molecular complexity index is 710. The third kappa shape index (κ3) is 8.37. The van der Waals surface area contributed by atoms with Crippen LogP contribution >= 0.6 is 11.8 Å². The molecule has 7 nitrogen and oxygen atoms in total. The molecule has 1 saturated heterocycles. The molecule has 0 spiro atoms. The Balaban J connectivity index is 1.97. The Kier molecular flexibility index (Phi) is 11.8. The van der Waals surface area contributed by atoms with Crippen LogP contribution in [0.4, 0.5) is 0 Å². The van der Waals surface area contributed by atoms with E-state index >= 15 is 0 Å². The highest BCUT2D eigenvalue weighted by Crippen LogP contribution is 2.28. The molecule has 0 aliphatic carbocycles. The van der Waals surface area contributed by atoms with E-state index in [1.165, 1.54) is 6.42 Å². The molecular formula is C23H36N4O3S. The molecule has 1 unspecified atom stereocenters. The van der Waals surface area contributed by atoms with Gasteiger partial charge in [-0.3, -0.25) is 14.5 Å². The summed E-state index contributed by atoms with van der Waals surface area (Å²) in [5.74, 6) is 0.879. The van der Waals surface area contributed by atoms with Gasteiger partial charge in [0.2, 0.25) is 5.91 Å². The number of likely N-dealkylation sites (N-methyl/N-ethyl adjacent to an activating group) is 2. The zero-order chi connectivity index (χ0) is 22.5. The van der Waals surface area contributed by atoms with E-state index in [2.05, 4.69) is 21.6 Å². The summed E-state index contributed by atoms with van der Waals surface area (Å²) in [6.45, 7) is 6.02. The molecule has 1 aliphatic heterocycles. The van der Waals surface area contributed by atoms with E-state index < -0.39 is 6.04 Å². The number of carbonyl (C=O) groups is 3. The molecular weight excluding hydrogens is 412 g/mol. The van der Waals surface area contributed by atoms with Crippen LogP contribution in [0.3, 0.4) is 0 Å². The van der Waals surface area contributed by atoms with Gasteiger partial charge in [0.1, 0.15) is 12.6 Å². The Morgan fingerprint density at radius 1 is 1.29 bits per heavy atom. The molecule has 0 bridgehead atoms. The van der Waals surface area contributed by atoms with Gasteiger partial charge in [-0.15, -0.1) is 11.8 Å². The highest BCUT2D eigenvalue weighted by Gasteiger charge is 2.23. The van der Waals surface area contributed by atoms with Gasteiger partial charge in [0.25, 0.3) is 0 Å². The van der Waals surface area contributed by atoms with Crippen molar-refractivity contribution in [2.75, 3.05) is 52.6 Å². The molecule has 2 rings (SSSR count). The first-order valence-corrected chi connectivity index (χ1v) is 12.1. The molecule has 1 fully saturated rings. The Morgan fingerprint density at radius 3 is 2.74 bits per heavy atom. The summed E-state index contributed by atoms with van der Waals surface area (Å²) in [5.41, 5.74) is 1.61. The molecule has 2 N–H and O–H groups in total. The van der Waals surface area contributed by atoms with Gasteiger partial charge in [0, 0.05) is 56.7 Å². The van der Waals surface area contributed by atoms with Crippen LogP contribution in [0, 0.1) is 0 Å². The molecule has 1 aromatic rings. The van der Waals surface area contributed by atoms with Crippen molar-refractivity contribution in [3.8, 4) is 0 Å². The quantitative estimate of drug-likeness (QED) is 0.255. The lowest BCUT2D eigenvalue weighted by Gasteiger charge is -2.28. The maximum absolute atomic E-state index is 12.3. The number of aldehydes is 2. The van der Waals surface area contributed by atoms with Crippen molar-refractivity contribution in [1.29, 1.82) is 0 Å². The van der Waals surface area contributed by atoms with Gasteiger partial charge in [-0.2, -0.15) is 0 Å². The molecule has 1 aromatic carbocycles. The van der Waals surface area contributed by atoms with E-state index in [0.717, 1.165) is 67.9 Å². The number of piperazine rings is 1. The van der Waals surface area contributed by atoms with Gasteiger partial charge in [-0.1, -0.05) is 12.1 Å². The number of benzene rings is 1. The van der Waals surface area contributed by atoms with Crippen molar-refractivity contribution >= 4 is 30.2 Å². The van der Waals surface area contributed by atoms with Gasteiger partial charge in [0.05, 0.1) is 6.04 Å². The smallest absolute Gasteiger partial charge is 0.237 e. The van der Waals surface area contributed by atoms with E-state index in [-0.39, 0.29) is 5.91 Å². The minimum absolute atomic E-state index is 0.116. The monoisotopic (exact) mass is 448 g/mol. The highest BCUT2D eigenvalue weighted by atomic mass is 32.2. The lowest BCUT2D eigenvalue weighted by Crippen LogP contribution is -2.43. The highest BCUT2D eigenvalue weighted by molar-refractivity contribution is 7.99. The predicted molar refractivity (Wildman–Crippen MR) is 126 cm³/mol. The fraction of sp³-hybridized carbons (Fsp3) is 0.609. The normalized spacial score (nSPS) is 15.6. The SMILES string of the molecule is CNC(=O)C(CCC=O)N(C)Cc1c(C=O)cccc1SCCCCN1CCNCC1. The van der Waals surface area contributed by atoms with Crippen molar-refractivity contribution in [2.45, 2.75) is 43.2 Å². The van der Waals surface area contributed by atoms with Crippen LogP contribution < -0.4 is 10.6 Å². The van der Waals surface area contributed by atoms with Crippen LogP contribution in [0.2, 0.25) is 0 Å². The summed E-state index contributed by atoms with van der Waals surface area (Å²) >= 11 is 1.78. The molecule has 1 atom stereocenters. The van der Waals surface area contributed by atoms with Crippen molar-refractivity contribution < 1.29 is 14.4 Å². The number of rotatable bonds is 14. The second kappa shape index (κ2) is 14.3. The zero-order valence-electron chi connectivity index (χ0n) is 18.8. The molecule has 1 amide bonds. The Hall–Kier alpha value is -1.74. The van der Waals surface area contributed by atoms with E-state index in [1.807, 2.05) is 24.1 Å². The summed E-state index contributed by atoms with van der Waals surface area (Å²) in [7, 11) is 3.47. The number of thioether (sulfide) groups is 1. The summed E-state index contributed by atoms with van der Waals surface area (Å²) in [6, 6.07) is 5.38. The second-order valence-corrected chi connectivity index (χ2v) is 9.01. The second-order valence-electron chi connectivity index (χ2n) is 7.88. The molecule has 1 aliphatic rings. The zero-order valence-corrected chi connectivity index (χ0v) is 19.6. The van der Waals surface area contributed by atoms with Crippen LogP contribution in [0.5, 0.6) is 0 Å². The Labute approximate surface area is 190 Å². The van der Waals surface area contributed by atoms with Gasteiger partial charge in [0.15, 0.2) is 0 Å². The minimum atomic E-state index is -0.410. The average molecular weight is 449 g/mol. The van der Waals surface area contributed by atoms with Crippen molar-refractivity contribution in [3.63, 3.8) is 0 Å². The maximum atomic E-state index is 12.3. The fourth-order valence-electron chi connectivity index (χ4n) is 3.86. The summed E-state index contributed by atoms with van der Waals surface area (Å²) in [4.78, 5) is 40.3. The van der Waals surface area contributed by atoms with Gasteiger partial charge >= 0.3 is 0 Å². The topological polar surface area (TPSA) is 81.8 Å². The Morgan fingerprint density at radius 2 is 2.06 bits per heavy atom. The number of hydrogen-bond acceptors (Lipinski definition) is 7. The van der Waals surface area contributed by atoms with Crippen LogP contribution in [0.1, 0.15) is 41.6 Å². The van der Waals surface area contributed by atoms with Gasteiger partial charge in [-0.05, 0) is 50.2 Å². The van der Waals surface area contributed by atoms with Crippen LogP contribution in [0.15, 0.2) is 23.1 Å². The molecule has 172 valence electrons. The molecule has 0 saturated carbocycles. The average Bonchev–Trinajstić information content (AvgIpc) is 2.80. The van der Waals surface area contributed by atoms with Crippen LogP contribution in [-0.2, 0) is 16.1 Å². The standard InChI is InChI=1S/C23H36N4O3S/c1-24-23(30)21(8-6-15-28)26(2)17-20-19(18-29)7-5-9-22(20)31-16-4-3-12-27-13-10-25-11-14-27/h5,7,9,15,18,21,25H,3-4,6,8,10-14,16-17H2,1-2H3,(H,24,30). The minimum Gasteiger partial charge on any atom is -0.358 e. The third-order valence-electron chi connectivity index (χ3n) is 5.68. The van der Waals surface area contributed by atoms with Crippen molar-refractivity contribution in [1.82, 2.24) is 20.4 Å². The molecule has 1 heterocycles. The molecule has 0 radical (unpaired) electrons. The number of nitrogens with one attached hydrogen (secondary N) is 2. The van der Waals surface area contributed by atoms with Crippen molar-refractivity contribution in [3.05, 3.63) is 29.3 Å². The number of nitrogens with zero attached hydrogens (tertiary/aromatic N) is 2. The van der Waals surface area contributed by atoms with Crippen molar-refractivity contribution in [2.24, 2.45) is 0 Å². The lowest BCUT2D eigenvalue weighted by molar-refractivity contribution is -0.126. The van der Waals surface area contributed by atoms with E-state index in [0.29, 0.717) is 24.9 Å². The van der Waals surface area contributed by atoms with Crippen LogP contribution in [0.25, 0.3) is 0 Å². The lowest BCUT2D eigenvalue weighted by atomic mass is 10.1. The van der Waals surface area contributed by atoms with E-state index in [4.69, 9.17) is 0 Å². The van der Waals surface area contributed by atoms with E-state index in [1.54, 1.807) is 18.8 Å². The molecule has 8 heteroatoms. The molecule has 0 aromatic heterocycles. The van der Waals surface area contributed by atoms with Gasteiger partial charge < -0.3 is 20.3 Å². The summed E-state index contributed by atoms with van der Waals surface area (Å²) in [6.07, 6.45) is 4.79. The van der Waals surface area contributed by atoms with Crippen LogP contribution in [-0.4, -0.2) is 86.9 Å². The summed E-state index contributed by atoms with van der Waals surface area (Å²) in [5, 5.41) is 6.06. The fourth-order valence-corrected chi connectivity index (χ4v) is 4.96. The van der Waals surface area contributed by atoms with Gasteiger partial charge in [-0.25, -0.2) is 0 Å². The van der Waals surface area contributed by atoms with E-state index in [9.17, 15) is 14.4 Å². The third-order valence-corrected chi connectivity index (χ3v) is 6.86. The number of carbonyl (C=O) groups excluding carboxylic acids is 3. The number of amides is 1. The number of hydrogen-bond donors (Lipinski definition) is 2. The first kappa shape index (κ1) is 25.5. The largest absolute Gasteiger partial charge is 0.358 e. The predicted octanol–water partition coefficient (Wildman–Crippen LogP) is 1.80. The molecule has 31 heavy (non-hydrogen) atoms. The number of unbranched alkanes of at least 4 members (excludes halogenated alkanes) is 1. The maximum Gasteiger partial charge on any atom is 0.237 e. The summed E-state index contributed by atoms with van der Waals surface area (Å²) < 4.78 is 0. The first-order chi connectivity index (χ1) is 15.1.